The van der Waals surface area contributed by atoms with E-state index in [4.69, 9.17) is 0 Å². The Kier molecular flexibility index (Phi) is 3.48. The summed E-state index contributed by atoms with van der Waals surface area (Å²) in [6.45, 7) is 3.96. The minimum absolute atomic E-state index is 0.732. The second-order valence-electron chi connectivity index (χ2n) is 4.67. The first-order valence-corrected chi connectivity index (χ1v) is 8.09. The lowest BCUT2D eigenvalue weighted by Gasteiger charge is -2.07. The average Bonchev–Trinajstić information content (AvgIpc) is 2.77. The largest absolute Gasteiger partial charge is 0.243 e. The van der Waals surface area contributed by atoms with Crippen LogP contribution in [0.4, 0.5) is 0 Å². The van der Waals surface area contributed by atoms with Crippen molar-refractivity contribution in [3.63, 3.8) is 0 Å². The van der Waals surface area contributed by atoms with Gasteiger partial charge in [-0.2, -0.15) is 0 Å². The highest BCUT2D eigenvalue weighted by molar-refractivity contribution is 9.10. The van der Waals surface area contributed by atoms with Crippen LogP contribution in [0.5, 0.6) is 0 Å². The van der Waals surface area contributed by atoms with Gasteiger partial charge in [-0.1, -0.05) is 17.7 Å². The quantitative estimate of drug-likeness (QED) is 0.701. The number of aromatic nitrogens is 2. The van der Waals surface area contributed by atoms with Crippen molar-refractivity contribution in [1.29, 1.82) is 0 Å². The SMILES string of the molecule is Cc1ccc(S(=O)n2c(C)cc3c(Br)ccnc32)cc1. The van der Waals surface area contributed by atoms with E-state index in [1.807, 2.05) is 50.2 Å². The third-order valence-corrected chi connectivity index (χ3v) is 5.33. The maximum Gasteiger partial charge on any atom is 0.158 e. The molecule has 0 bridgehead atoms. The summed E-state index contributed by atoms with van der Waals surface area (Å²) in [4.78, 5) is 5.14. The van der Waals surface area contributed by atoms with Crippen molar-refractivity contribution in [3.05, 3.63) is 58.3 Å². The number of rotatable bonds is 2. The van der Waals surface area contributed by atoms with E-state index in [0.29, 0.717) is 0 Å². The number of halogens is 1. The number of aryl methyl sites for hydroxylation is 2. The third-order valence-electron chi connectivity index (χ3n) is 3.17. The normalized spacial score (nSPS) is 12.8. The molecule has 0 fully saturated rings. The topological polar surface area (TPSA) is 34.9 Å². The van der Waals surface area contributed by atoms with E-state index in [2.05, 4.69) is 20.9 Å². The van der Waals surface area contributed by atoms with E-state index in [9.17, 15) is 4.21 Å². The van der Waals surface area contributed by atoms with E-state index in [1.54, 1.807) is 10.2 Å². The van der Waals surface area contributed by atoms with Gasteiger partial charge in [0.05, 0.1) is 4.90 Å². The van der Waals surface area contributed by atoms with Gasteiger partial charge in [-0.25, -0.2) is 13.2 Å². The van der Waals surface area contributed by atoms with Gasteiger partial charge in [0.2, 0.25) is 0 Å². The Balaban J connectivity index is 2.19. The molecular weight excluding hydrogens is 336 g/mol. The average molecular weight is 349 g/mol. The van der Waals surface area contributed by atoms with Crippen LogP contribution in [-0.4, -0.2) is 13.2 Å². The highest BCUT2D eigenvalue weighted by Gasteiger charge is 2.15. The van der Waals surface area contributed by atoms with E-state index in [1.165, 1.54) is 0 Å². The Bertz CT molecular complexity index is 809. The van der Waals surface area contributed by atoms with Gasteiger partial charge in [0, 0.05) is 21.7 Å². The van der Waals surface area contributed by atoms with Crippen molar-refractivity contribution >= 4 is 37.9 Å². The Morgan fingerprint density at radius 2 is 1.85 bits per heavy atom. The van der Waals surface area contributed by atoms with Crippen LogP contribution in [0.15, 0.2) is 52.0 Å². The van der Waals surface area contributed by atoms with Gasteiger partial charge >= 0.3 is 0 Å². The molecule has 0 saturated heterocycles. The van der Waals surface area contributed by atoms with Gasteiger partial charge in [-0.05, 0) is 54.0 Å². The molecular formula is C15H13BrN2OS. The third kappa shape index (κ3) is 2.21. The van der Waals surface area contributed by atoms with Crippen LogP contribution in [-0.2, 0) is 11.0 Å². The minimum atomic E-state index is -1.29. The number of hydrogen-bond donors (Lipinski definition) is 0. The standard InChI is InChI=1S/C15H13BrN2OS/c1-10-3-5-12(6-4-10)20(19)18-11(2)9-13-14(16)7-8-17-15(13)18/h3-9H,1-2H3. The van der Waals surface area contributed by atoms with Crippen LogP contribution in [0.3, 0.4) is 0 Å². The van der Waals surface area contributed by atoms with Crippen molar-refractivity contribution in [2.75, 3.05) is 0 Å². The first-order chi connectivity index (χ1) is 9.58. The lowest BCUT2D eigenvalue weighted by molar-refractivity contribution is 0.677. The van der Waals surface area contributed by atoms with Gasteiger partial charge in [-0.3, -0.25) is 0 Å². The van der Waals surface area contributed by atoms with Crippen molar-refractivity contribution in [3.8, 4) is 0 Å². The summed E-state index contributed by atoms with van der Waals surface area (Å²) in [6, 6.07) is 11.6. The van der Waals surface area contributed by atoms with E-state index >= 15 is 0 Å². The summed E-state index contributed by atoms with van der Waals surface area (Å²) in [7, 11) is -1.29. The van der Waals surface area contributed by atoms with Crippen LogP contribution >= 0.6 is 15.9 Å². The Morgan fingerprint density at radius 1 is 1.15 bits per heavy atom. The van der Waals surface area contributed by atoms with Crippen molar-refractivity contribution in [2.24, 2.45) is 0 Å². The molecule has 20 heavy (non-hydrogen) atoms. The number of hydrogen-bond acceptors (Lipinski definition) is 2. The minimum Gasteiger partial charge on any atom is -0.243 e. The Morgan fingerprint density at radius 3 is 2.55 bits per heavy atom. The van der Waals surface area contributed by atoms with Crippen molar-refractivity contribution < 1.29 is 4.21 Å². The van der Waals surface area contributed by atoms with E-state index in [0.717, 1.165) is 31.7 Å². The van der Waals surface area contributed by atoms with Gasteiger partial charge < -0.3 is 0 Å². The molecule has 0 radical (unpaired) electrons. The van der Waals surface area contributed by atoms with Crippen molar-refractivity contribution in [1.82, 2.24) is 8.96 Å². The zero-order valence-electron chi connectivity index (χ0n) is 11.1. The Hall–Kier alpha value is -1.46. The maximum absolute atomic E-state index is 12.8. The molecule has 0 spiro atoms. The fourth-order valence-corrected chi connectivity index (χ4v) is 3.75. The van der Waals surface area contributed by atoms with Crippen molar-refractivity contribution in [2.45, 2.75) is 18.7 Å². The van der Waals surface area contributed by atoms with Crippen LogP contribution in [0, 0.1) is 13.8 Å². The highest BCUT2D eigenvalue weighted by Crippen LogP contribution is 2.27. The highest BCUT2D eigenvalue weighted by atomic mass is 79.9. The van der Waals surface area contributed by atoms with Gasteiger partial charge in [0.1, 0.15) is 0 Å². The molecule has 1 atom stereocenters. The van der Waals surface area contributed by atoms with Crippen LogP contribution in [0.25, 0.3) is 11.0 Å². The molecule has 5 heteroatoms. The molecule has 0 saturated carbocycles. The molecule has 2 heterocycles. The monoisotopic (exact) mass is 348 g/mol. The number of benzene rings is 1. The van der Waals surface area contributed by atoms with E-state index < -0.39 is 11.0 Å². The molecule has 3 aromatic rings. The van der Waals surface area contributed by atoms with Gasteiger partial charge in [-0.15, -0.1) is 0 Å². The smallest absolute Gasteiger partial charge is 0.158 e. The van der Waals surface area contributed by atoms with Gasteiger partial charge in [0.25, 0.3) is 0 Å². The van der Waals surface area contributed by atoms with Crippen LogP contribution in [0.2, 0.25) is 0 Å². The fourth-order valence-electron chi connectivity index (χ4n) is 2.14. The summed E-state index contributed by atoms with van der Waals surface area (Å²) < 4.78 is 15.5. The fraction of sp³-hybridized carbons (Fsp3) is 0.133. The Labute approximate surface area is 128 Å². The summed E-state index contributed by atoms with van der Waals surface area (Å²) in [6.07, 6.45) is 1.72. The molecule has 0 N–H and O–H groups in total. The van der Waals surface area contributed by atoms with Gasteiger partial charge in [0.15, 0.2) is 16.6 Å². The zero-order valence-corrected chi connectivity index (χ0v) is 13.5. The second-order valence-corrected chi connectivity index (χ2v) is 6.86. The summed E-state index contributed by atoms with van der Waals surface area (Å²) in [5, 5.41) is 0.977. The maximum atomic E-state index is 12.8. The number of nitrogens with zero attached hydrogens (tertiary/aromatic N) is 2. The number of fused-ring (bicyclic) bond motifs is 1. The summed E-state index contributed by atoms with van der Waals surface area (Å²) in [5.74, 6) is 0. The van der Waals surface area contributed by atoms with Crippen LogP contribution in [0.1, 0.15) is 11.3 Å². The molecule has 0 aliphatic carbocycles. The molecule has 1 unspecified atom stereocenters. The lowest BCUT2D eigenvalue weighted by atomic mass is 10.2. The molecule has 3 nitrogen and oxygen atoms in total. The van der Waals surface area contributed by atoms with E-state index in [-0.39, 0.29) is 0 Å². The molecule has 2 aromatic heterocycles. The molecule has 1 aromatic carbocycles. The van der Waals surface area contributed by atoms with Crippen LogP contribution < -0.4 is 0 Å². The molecule has 102 valence electrons. The molecule has 0 aliphatic heterocycles. The molecule has 3 rings (SSSR count). The predicted molar refractivity (Wildman–Crippen MR) is 85.2 cm³/mol. The first kappa shape index (κ1) is 13.5. The zero-order chi connectivity index (χ0) is 14.3. The summed E-state index contributed by atoms with van der Waals surface area (Å²) in [5.41, 5.74) is 2.81. The molecule has 0 aliphatic rings. The second kappa shape index (κ2) is 5.14. The first-order valence-electron chi connectivity index (χ1n) is 6.19. The predicted octanol–water partition coefficient (Wildman–Crippen LogP) is 3.99. The molecule has 0 amide bonds. The lowest BCUT2D eigenvalue weighted by Crippen LogP contribution is -2.07. The number of pyridine rings is 1. The summed E-state index contributed by atoms with van der Waals surface area (Å²) >= 11 is 3.51.